The minimum atomic E-state index is -2.99. The zero-order valence-corrected chi connectivity index (χ0v) is 17.8. The highest BCUT2D eigenvalue weighted by atomic mass is 19.3. The van der Waals surface area contributed by atoms with E-state index < -0.39 is 36.7 Å². The summed E-state index contributed by atoms with van der Waals surface area (Å²) in [6.45, 7) is -0.294. The van der Waals surface area contributed by atoms with Gasteiger partial charge in [0.25, 0.3) is 11.8 Å². The van der Waals surface area contributed by atoms with Gasteiger partial charge in [-0.3, -0.25) is 9.48 Å². The van der Waals surface area contributed by atoms with Crippen molar-refractivity contribution in [1.29, 1.82) is 0 Å². The molecule has 1 aliphatic heterocycles. The number of amides is 1. The van der Waals surface area contributed by atoms with Crippen LogP contribution < -0.4 is 21.7 Å². The average Bonchev–Trinajstić information content (AvgIpc) is 3.04. The van der Waals surface area contributed by atoms with Gasteiger partial charge >= 0.3 is 0 Å². The smallest absolute Gasteiger partial charge is 0.278 e. The minimum absolute atomic E-state index is 0.125. The van der Waals surface area contributed by atoms with E-state index in [0.29, 0.717) is 12.2 Å². The van der Waals surface area contributed by atoms with Gasteiger partial charge in [0.05, 0.1) is 24.6 Å². The molecule has 1 aliphatic rings. The van der Waals surface area contributed by atoms with Crippen LogP contribution in [0.1, 0.15) is 23.3 Å². The van der Waals surface area contributed by atoms with Crippen LogP contribution in [0.2, 0.25) is 0 Å². The number of aromatic nitrogens is 4. The summed E-state index contributed by atoms with van der Waals surface area (Å²) < 4.78 is 44.2. The van der Waals surface area contributed by atoms with E-state index in [1.54, 1.807) is 13.1 Å². The van der Waals surface area contributed by atoms with Gasteiger partial charge in [-0.1, -0.05) is 12.1 Å². The van der Waals surface area contributed by atoms with Crippen LogP contribution >= 0.6 is 0 Å². The number of carbonyl (C=O) groups is 1. The number of benzene rings is 1. The second-order valence-corrected chi connectivity index (χ2v) is 7.96. The maximum absolute atomic E-state index is 14.3. The van der Waals surface area contributed by atoms with E-state index in [1.165, 1.54) is 40.2 Å². The Bertz CT molecular complexity index is 1180. The van der Waals surface area contributed by atoms with E-state index >= 15 is 0 Å². The van der Waals surface area contributed by atoms with Crippen molar-refractivity contribution < 1.29 is 18.0 Å². The number of hydrogen-bond donors (Lipinski definition) is 3. The number of carbonyl (C=O) groups excluding carboxylic acids is 1. The zero-order chi connectivity index (χ0) is 23.8. The van der Waals surface area contributed by atoms with Crippen LogP contribution in [0, 0.1) is 5.82 Å². The first-order valence-electron chi connectivity index (χ1n) is 10.2. The number of nitrogens with two attached hydrogens (primary N) is 2. The summed E-state index contributed by atoms with van der Waals surface area (Å²) in [7, 11) is 1.58. The van der Waals surface area contributed by atoms with Gasteiger partial charge in [-0.05, 0) is 18.6 Å². The predicted molar refractivity (Wildman–Crippen MR) is 117 cm³/mol. The van der Waals surface area contributed by atoms with Gasteiger partial charge in [-0.25, -0.2) is 23.1 Å². The van der Waals surface area contributed by atoms with Gasteiger partial charge in [-0.2, -0.15) is 5.10 Å². The van der Waals surface area contributed by atoms with Crippen LogP contribution in [0.15, 0.2) is 36.7 Å². The van der Waals surface area contributed by atoms with Gasteiger partial charge in [-0.15, -0.1) is 0 Å². The Kier molecular flexibility index (Phi) is 5.93. The lowest BCUT2D eigenvalue weighted by Crippen LogP contribution is -2.37. The minimum Gasteiger partial charge on any atom is -0.382 e. The van der Waals surface area contributed by atoms with Gasteiger partial charge < -0.3 is 21.7 Å². The quantitative estimate of drug-likeness (QED) is 0.545. The fourth-order valence-corrected chi connectivity index (χ4v) is 3.85. The molecule has 1 fully saturated rings. The standard InChI is InChI=1S/C21H23F3N8O/c1-31-20(32-7-6-12(25)8-21(23,24)11-32)16(10-28-31)30-19(33)17-18(26)27-9-15(29-17)13-4-2-3-5-14(13)22/h2-5,9-10,12H,6-8,11,25H2,1H3,(H2,26,27)(H,30,33). The monoisotopic (exact) mass is 460 g/mol. The molecule has 1 aromatic carbocycles. The van der Waals surface area contributed by atoms with Crippen molar-refractivity contribution >= 4 is 23.2 Å². The molecule has 174 valence electrons. The van der Waals surface area contributed by atoms with E-state index in [9.17, 15) is 18.0 Å². The van der Waals surface area contributed by atoms with Crippen molar-refractivity contribution in [2.24, 2.45) is 12.8 Å². The molecule has 0 radical (unpaired) electrons. The molecule has 0 spiro atoms. The normalized spacial score (nSPS) is 18.1. The molecule has 33 heavy (non-hydrogen) atoms. The molecular weight excluding hydrogens is 437 g/mol. The van der Waals surface area contributed by atoms with Crippen LogP contribution in [0.25, 0.3) is 11.3 Å². The molecule has 1 amide bonds. The van der Waals surface area contributed by atoms with Crippen LogP contribution in [-0.2, 0) is 7.05 Å². The third kappa shape index (κ3) is 4.75. The molecule has 0 saturated carbocycles. The molecule has 1 saturated heterocycles. The molecule has 3 aromatic rings. The summed E-state index contributed by atoms with van der Waals surface area (Å²) in [6, 6.07) is 5.28. The number of nitrogens with one attached hydrogen (secondary N) is 1. The average molecular weight is 460 g/mol. The Morgan fingerprint density at radius 3 is 2.79 bits per heavy atom. The Balaban J connectivity index is 1.63. The Hall–Kier alpha value is -3.67. The number of aryl methyl sites for hydroxylation is 1. The van der Waals surface area contributed by atoms with E-state index in [4.69, 9.17) is 11.5 Å². The van der Waals surface area contributed by atoms with E-state index in [-0.39, 0.29) is 35.0 Å². The van der Waals surface area contributed by atoms with Gasteiger partial charge in [0.15, 0.2) is 17.3 Å². The maximum atomic E-state index is 14.3. The molecule has 3 heterocycles. The second kappa shape index (κ2) is 8.70. The van der Waals surface area contributed by atoms with Crippen molar-refractivity contribution in [1.82, 2.24) is 19.7 Å². The lowest BCUT2D eigenvalue weighted by atomic mass is 10.1. The summed E-state index contributed by atoms with van der Waals surface area (Å²) in [5.74, 6) is -4.12. The summed E-state index contributed by atoms with van der Waals surface area (Å²) in [6.07, 6.45) is 2.55. The Labute approximate surface area is 187 Å². The molecule has 0 bridgehead atoms. The van der Waals surface area contributed by atoms with Gasteiger partial charge in [0.2, 0.25) is 0 Å². The van der Waals surface area contributed by atoms with Gasteiger partial charge in [0, 0.05) is 31.6 Å². The zero-order valence-electron chi connectivity index (χ0n) is 17.8. The maximum Gasteiger partial charge on any atom is 0.278 e. The summed E-state index contributed by atoms with van der Waals surface area (Å²) in [4.78, 5) is 22.6. The first-order chi connectivity index (χ1) is 15.6. The van der Waals surface area contributed by atoms with Crippen LogP contribution in [-0.4, -0.2) is 50.7 Å². The first kappa shape index (κ1) is 22.5. The van der Waals surface area contributed by atoms with Crippen molar-refractivity contribution in [3.8, 4) is 11.3 Å². The number of anilines is 3. The number of halogens is 3. The summed E-state index contributed by atoms with van der Waals surface area (Å²) in [5, 5.41) is 6.72. The molecule has 2 aromatic heterocycles. The van der Waals surface area contributed by atoms with Gasteiger partial charge in [0.1, 0.15) is 11.5 Å². The first-order valence-corrected chi connectivity index (χ1v) is 10.2. The number of nitrogens with zero attached hydrogens (tertiary/aromatic N) is 5. The molecule has 0 aliphatic carbocycles. The highest BCUT2D eigenvalue weighted by Crippen LogP contribution is 2.33. The molecule has 5 N–H and O–H groups in total. The van der Waals surface area contributed by atoms with E-state index in [1.807, 2.05) is 0 Å². The third-order valence-electron chi connectivity index (χ3n) is 5.37. The predicted octanol–water partition coefficient (Wildman–Crippen LogP) is 2.41. The fraction of sp³-hybridized carbons (Fsp3) is 0.333. The molecule has 12 heteroatoms. The molecule has 1 atom stereocenters. The van der Waals surface area contributed by atoms with Crippen molar-refractivity contribution in [2.45, 2.75) is 24.8 Å². The van der Waals surface area contributed by atoms with Crippen LogP contribution in [0.4, 0.5) is 30.5 Å². The number of alkyl halides is 2. The lowest BCUT2D eigenvalue weighted by Gasteiger charge is -2.26. The van der Waals surface area contributed by atoms with E-state index in [0.717, 1.165) is 0 Å². The van der Waals surface area contributed by atoms with Crippen LogP contribution in [0.3, 0.4) is 0 Å². The second-order valence-electron chi connectivity index (χ2n) is 7.96. The third-order valence-corrected chi connectivity index (χ3v) is 5.37. The van der Waals surface area contributed by atoms with Crippen LogP contribution in [0.5, 0.6) is 0 Å². The highest BCUT2D eigenvalue weighted by Gasteiger charge is 2.38. The Morgan fingerprint density at radius 1 is 1.27 bits per heavy atom. The lowest BCUT2D eigenvalue weighted by molar-refractivity contribution is -0.000527. The number of nitrogen functional groups attached to an aromatic ring is 1. The SMILES string of the molecule is Cn1ncc(NC(=O)c2nc(-c3ccccc3F)cnc2N)c1N1CCC(N)CC(F)(F)C1. The van der Waals surface area contributed by atoms with E-state index in [2.05, 4.69) is 20.4 Å². The highest BCUT2D eigenvalue weighted by molar-refractivity contribution is 6.07. The largest absolute Gasteiger partial charge is 0.382 e. The Morgan fingerprint density at radius 2 is 2.03 bits per heavy atom. The molecular formula is C21H23F3N8O. The van der Waals surface area contributed by atoms with Crippen molar-refractivity contribution in [3.63, 3.8) is 0 Å². The molecule has 1 unspecified atom stereocenters. The fourth-order valence-electron chi connectivity index (χ4n) is 3.85. The summed E-state index contributed by atoms with van der Waals surface area (Å²) in [5.41, 5.74) is 11.9. The number of hydrogen-bond acceptors (Lipinski definition) is 7. The van der Waals surface area contributed by atoms with Crippen molar-refractivity contribution in [2.75, 3.05) is 29.0 Å². The van der Waals surface area contributed by atoms with Crippen molar-refractivity contribution in [3.05, 3.63) is 48.2 Å². The molecule has 9 nitrogen and oxygen atoms in total. The molecule has 4 rings (SSSR count). The topological polar surface area (TPSA) is 128 Å². The summed E-state index contributed by atoms with van der Waals surface area (Å²) >= 11 is 0. The number of rotatable bonds is 4.